The number of aromatic amines is 1. The van der Waals surface area contributed by atoms with E-state index in [0.29, 0.717) is 17.7 Å². The van der Waals surface area contributed by atoms with E-state index in [0.717, 1.165) is 22.8 Å². The Morgan fingerprint density at radius 1 is 1.19 bits per heavy atom. The molecule has 0 spiro atoms. The predicted octanol–water partition coefficient (Wildman–Crippen LogP) is 3.95. The smallest absolute Gasteiger partial charge is 0.226 e. The van der Waals surface area contributed by atoms with Crippen molar-refractivity contribution in [2.45, 2.75) is 19.9 Å². The molecule has 1 amide bonds. The van der Waals surface area contributed by atoms with Crippen molar-refractivity contribution < 1.29 is 9.53 Å². The van der Waals surface area contributed by atoms with Crippen LogP contribution >= 0.6 is 12.2 Å². The SMILES string of the molecule is COc1ccc(NC(=O)CCn2c(-c3ccc(C)cc3)n[nH]c2=S)cc1. The van der Waals surface area contributed by atoms with Crippen LogP contribution in [0.15, 0.2) is 48.5 Å². The Morgan fingerprint density at radius 2 is 1.88 bits per heavy atom. The van der Waals surface area contributed by atoms with Gasteiger partial charge < -0.3 is 10.1 Å². The van der Waals surface area contributed by atoms with Gasteiger partial charge in [-0.15, -0.1) is 0 Å². The lowest BCUT2D eigenvalue weighted by molar-refractivity contribution is -0.116. The summed E-state index contributed by atoms with van der Waals surface area (Å²) >= 11 is 5.31. The first kappa shape index (κ1) is 17.9. The Balaban J connectivity index is 1.67. The van der Waals surface area contributed by atoms with Gasteiger partial charge in [0, 0.05) is 24.2 Å². The highest BCUT2D eigenvalue weighted by Crippen LogP contribution is 2.19. The Labute approximate surface area is 156 Å². The first-order valence-corrected chi connectivity index (χ1v) is 8.64. The van der Waals surface area contributed by atoms with E-state index in [-0.39, 0.29) is 5.91 Å². The third-order valence-electron chi connectivity index (χ3n) is 4.00. The zero-order chi connectivity index (χ0) is 18.5. The molecule has 0 aliphatic heterocycles. The van der Waals surface area contributed by atoms with Crippen molar-refractivity contribution >= 4 is 23.8 Å². The summed E-state index contributed by atoms with van der Waals surface area (Å²) in [6, 6.07) is 15.2. The van der Waals surface area contributed by atoms with Gasteiger partial charge >= 0.3 is 0 Å². The van der Waals surface area contributed by atoms with Crippen LogP contribution in [0, 0.1) is 11.7 Å². The molecule has 6 nitrogen and oxygen atoms in total. The molecule has 2 N–H and O–H groups in total. The summed E-state index contributed by atoms with van der Waals surface area (Å²) in [6.07, 6.45) is 0.290. The van der Waals surface area contributed by atoms with E-state index < -0.39 is 0 Å². The molecule has 0 atom stereocenters. The predicted molar refractivity (Wildman–Crippen MR) is 104 cm³/mol. The van der Waals surface area contributed by atoms with Crippen molar-refractivity contribution in [2.24, 2.45) is 0 Å². The third kappa shape index (κ3) is 4.18. The van der Waals surface area contributed by atoms with Crippen molar-refractivity contribution in [1.82, 2.24) is 14.8 Å². The second-order valence-electron chi connectivity index (χ2n) is 5.90. The molecule has 1 heterocycles. The first-order chi connectivity index (χ1) is 12.6. The van der Waals surface area contributed by atoms with Crippen molar-refractivity contribution in [1.29, 1.82) is 0 Å². The second-order valence-corrected chi connectivity index (χ2v) is 6.28. The van der Waals surface area contributed by atoms with Crippen LogP contribution in [0.4, 0.5) is 5.69 Å². The van der Waals surface area contributed by atoms with E-state index in [2.05, 4.69) is 15.5 Å². The van der Waals surface area contributed by atoms with Gasteiger partial charge in [0.1, 0.15) is 5.75 Å². The molecule has 1 aromatic heterocycles. The maximum atomic E-state index is 12.2. The molecule has 0 radical (unpaired) electrons. The summed E-state index contributed by atoms with van der Waals surface area (Å²) < 4.78 is 7.45. The number of carbonyl (C=O) groups is 1. The molecule has 0 unspecified atom stereocenters. The average molecular weight is 368 g/mol. The number of carbonyl (C=O) groups excluding carboxylic acids is 1. The summed E-state index contributed by atoms with van der Waals surface area (Å²) in [5.41, 5.74) is 2.86. The molecule has 0 fully saturated rings. The fourth-order valence-electron chi connectivity index (χ4n) is 2.56. The molecule has 7 heteroatoms. The average Bonchev–Trinajstić information content (AvgIpc) is 3.02. The number of nitrogens with one attached hydrogen (secondary N) is 2. The number of methoxy groups -OCH3 is 1. The van der Waals surface area contributed by atoms with Gasteiger partial charge in [-0.05, 0) is 43.4 Å². The molecule has 3 rings (SSSR count). The van der Waals surface area contributed by atoms with Gasteiger partial charge in [0.25, 0.3) is 0 Å². The van der Waals surface area contributed by atoms with Crippen LogP contribution < -0.4 is 10.1 Å². The number of hydrogen-bond donors (Lipinski definition) is 2. The Morgan fingerprint density at radius 3 is 2.54 bits per heavy atom. The topological polar surface area (TPSA) is 71.9 Å². The van der Waals surface area contributed by atoms with E-state index >= 15 is 0 Å². The van der Waals surface area contributed by atoms with E-state index in [1.54, 1.807) is 31.4 Å². The van der Waals surface area contributed by atoms with Crippen LogP contribution in [-0.2, 0) is 11.3 Å². The fraction of sp³-hybridized carbons (Fsp3) is 0.211. The summed E-state index contributed by atoms with van der Waals surface area (Å²) in [4.78, 5) is 12.2. The highest BCUT2D eigenvalue weighted by molar-refractivity contribution is 7.71. The summed E-state index contributed by atoms with van der Waals surface area (Å²) in [5.74, 6) is 1.39. The van der Waals surface area contributed by atoms with Crippen LogP contribution in [0.2, 0.25) is 0 Å². The van der Waals surface area contributed by atoms with Gasteiger partial charge in [-0.25, -0.2) is 0 Å². The number of ether oxygens (including phenoxy) is 1. The van der Waals surface area contributed by atoms with Crippen LogP contribution in [0.25, 0.3) is 11.4 Å². The lowest BCUT2D eigenvalue weighted by Gasteiger charge is -2.09. The first-order valence-electron chi connectivity index (χ1n) is 8.23. The largest absolute Gasteiger partial charge is 0.497 e. The van der Waals surface area contributed by atoms with Crippen molar-refractivity contribution in [3.63, 3.8) is 0 Å². The molecule has 0 aliphatic rings. The fourth-order valence-corrected chi connectivity index (χ4v) is 2.78. The quantitative estimate of drug-likeness (QED) is 0.646. The molecular formula is C19H20N4O2S. The van der Waals surface area contributed by atoms with Crippen LogP contribution in [0.1, 0.15) is 12.0 Å². The molecule has 26 heavy (non-hydrogen) atoms. The molecule has 3 aromatic rings. The number of H-pyrrole nitrogens is 1. The zero-order valence-corrected chi connectivity index (χ0v) is 15.5. The monoisotopic (exact) mass is 368 g/mol. The molecular weight excluding hydrogens is 348 g/mol. The maximum absolute atomic E-state index is 12.2. The number of amides is 1. The van der Waals surface area contributed by atoms with Crippen molar-refractivity contribution in [2.75, 3.05) is 12.4 Å². The van der Waals surface area contributed by atoms with E-state index in [1.807, 2.05) is 35.8 Å². The normalized spacial score (nSPS) is 10.5. The highest BCUT2D eigenvalue weighted by Gasteiger charge is 2.11. The molecule has 0 aliphatic carbocycles. The minimum Gasteiger partial charge on any atom is -0.497 e. The number of benzene rings is 2. The number of aromatic nitrogens is 3. The van der Waals surface area contributed by atoms with Gasteiger partial charge in [-0.2, -0.15) is 5.10 Å². The third-order valence-corrected chi connectivity index (χ3v) is 4.32. The Hall–Kier alpha value is -2.93. The number of anilines is 1. The van der Waals surface area contributed by atoms with Gasteiger partial charge in [0.2, 0.25) is 5.91 Å². The van der Waals surface area contributed by atoms with E-state index in [4.69, 9.17) is 17.0 Å². The molecule has 134 valence electrons. The highest BCUT2D eigenvalue weighted by atomic mass is 32.1. The van der Waals surface area contributed by atoms with Crippen molar-refractivity contribution in [3.8, 4) is 17.1 Å². The minimum absolute atomic E-state index is 0.0897. The van der Waals surface area contributed by atoms with Crippen LogP contribution in [0.3, 0.4) is 0 Å². The number of hydrogen-bond acceptors (Lipinski definition) is 4. The van der Waals surface area contributed by atoms with Gasteiger partial charge in [-0.3, -0.25) is 14.5 Å². The standard InChI is InChI=1S/C19H20N4O2S/c1-13-3-5-14(6-4-13)18-21-22-19(26)23(18)12-11-17(24)20-15-7-9-16(25-2)10-8-15/h3-10H,11-12H2,1-2H3,(H,20,24)(H,22,26). The van der Waals surface area contributed by atoms with Gasteiger partial charge in [-0.1, -0.05) is 29.8 Å². The van der Waals surface area contributed by atoms with Gasteiger partial charge in [0.05, 0.1) is 7.11 Å². The second kappa shape index (κ2) is 7.97. The van der Waals surface area contributed by atoms with E-state index in [9.17, 15) is 4.79 Å². The zero-order valence-electron chi connectivity index (χ0n) is 14.7. The summed E-state index contributed by atoms with van der Waals surface area (Å²) in [7, 11) is 1.60. The number of nitrogens with zero attached hydrogens (tertiary/aromatic N) is 2. The summed E-state index contributed by atoms with van der Waals surface area (Å²) in [6.45, 7) is 2.48. The van der Waals surface area contributed by atoms with Crippen molar-refractivity contribution in [3.05, 3.63) is 58.9 Å². The lowest BCUT2D eigenvalue weighted by atomic mass is 10.1. The molecule has 0 saturated heterocycles. The van der Waals surface area contributed by atoms with Gasteiger partial charge in [0.15, 0.2) is 10.6 Å². The molecule has 0 bridgehead atoms. The summed E-state index contributed by atoms with van der Waals surface area (Å²) in [5, 5.41) is 9.97. The van der Waals surface area contributed by atoms with Crippen LogP contribution in [-0.4, -0.2) is 27.8 Å². The lowest BCUT2D eigenvalue weighted by Crippen LogP contribution is -2.15. The minimum atomic E-state index is -0.0897. The molecule has 0 saturated carbocycles. The van der Waals surface area contributed by atoms with Crippen LogP contribution in [0.5, 0.6) is 5.75 Å². The Kier molecular flexibility index (Phi) is 5.48. The van der Waals surface area contributed by atoms with E-state index in [1.165, 1.54) is 5.56 Å². The number of rotatable bonds is 6. The Bertz CT molecular complexity index is 943. The number of aryl methyl sites for hydroxylation is 1. The maximum Gasteiger partial charge on any atom is 0.226 e. The molecule has 2 aromatic carbocycles.